The molecule has 1 N–H and O–H groups in total. The van der Waals surface area contributed by atoms with Gasteiger partial charge in [-0.3, -0.25) is 4.40 Å². The first-order chi connectivity index (χ1) is 10.2. The highest BCUT2D eigenvalue weighted by Gasteiger charge is 2.12. The van der Waals surface area contributed by atoms with Crippen LogP contribution in [0, 0.1) is 0 Å². The number of pyridine rings is 1. The number of carbonyl (C=O) groups is 1. The van der Waals surface area contributed by atoms with Crippen LogP contribution in [0.15, 0.2) is 54.7 Å². The molecular weight excluding hydrogens is 288 g/mol. The van der Waals surface area contributed by atoms with Crippen LogP contribution in [0.3, 0.4) is 0 Å². The van der Waals surface area contributed by atoms with E-state index < -0.39 is 5.97 Å². The van der Waals surface area contributed by atoms with Crippen molar-refractivity contribution in [2.75, 3.05) is 0 Å². The first-order valence-corrected chi connectivity index (χ1v) is 6.67. The number of hydrogen-bond acceptors (Lipinski definition) is 2. The number of aromatic nitrogens is 2. The zero-order chi connectivity index (χ0) is 14.8. The molecule has 0 aliphatic rings. The van der Waals surface area contributed by atoms with Gasteiger partial charge in [0, 0.05) is 17.8 Å². The molecule has 4 nitrogen and oxygen atoms in total. The maximum Gasteiger partial charge on any atom is 0.328 e. The number of rotatable bonds is 3. The molecule has 0 amide bonds. The number of nitrogens with zero attached hydrogens (tertiary/aromatic N) is 2. The van der Waals surface area contributed by atoms with Gasteiger partial charge < -0.3 is 5.11 Å². The standard InChI is InChI=1S/C16H11ClN2O2/c17-12-6-2-1-5-11(12)16-18-13(8-9-15(20)21)14-7-3-4-10-19(14)16/h1-10H,(H,20,21). The van der Waals surface area contributed by atoms with E-state index in [4.69, 9.17) is 16.7 Å². The van der Waals surface area contributed by atoms with E-state index in [1.807, 2.05) is 47.0 Å². The highest BCUT2D eigenvalue weighted by Crippen LogP contribution is 2.29. The smallest absolute Gasteiger partial charge is 0.328 e. The van der Waals surface area contributed by atoms with Gasteiger partial charge in [-0.05, 0) is 30.3 Å². The Morgan fingerprint density at radius 1 is 1.19 bits per heavy atom. The highest BCUT2D eigenvalue weighted by atomic mass is 35.5. The van der Waals surface area contributed by atoms with E-state index in [1.54, 1.807) is 6.07 Å². The van der Waals surface area contributed by atoms with Crippen molar-refractivity contribution in [3.63, 3.8) is 0 Å². The largest absolute Gasteiger partial charge is 0.478 e. The third-order valence-electron chi connectivity index (χ3n) is 3.08. The molecule has 1 aromatic carbocycles. The third-order valence-corrected chi connectivity index (χ3v) is 3.40. The van der Waals surface area contributed by atoms with Gasteiger partial charge in [-0.2, -0.15) is 0 Å². The summed E-state index contributed by atoms with van der Waals surface area (Å²) < 4.78 is 1.89. The zero-order valence-corrected chi connectivity index (χ0v) is 11.7. The lowest BCUT2D eigenvalue weighted by molar-refractivity contribution is -0.131. The lowest BCUT2D eigenvalue weighted by atomic mass is 10.2. The molecule has 2 aromatic heterocycles. The van der Waals surface area contributed by atoms with Crippen molar-refractivity contribution >= 4 is 29.2 Å². The predicted molar refractivity (Wildman–Crippen MR) is 82.3 cm³/mol. The van der Waals surface area contributed by atoms with E-state index in [-0.39, 0.29) is 0 Å². The van der Waals surface area contributed by atoms with Gasteiger partial charge in [0.1, 0.15) is 5.82 Å². The van der Waals surface area contributed by atoms with Crippen molar-refractivity contribution in [1.29, 1.82) is 0 Å². The lowest BCUT2D eigenvalue weighted by Crippen LogP contribution is -1.88. The van der Waals surface area contributed by atoms with Crippen molar-refractivity contribution in [3.8, 4) is 11.4 Å². The van der Waals surface area contributed by atoms with Crippen molar-refractivity contribution in [1.82, 2.24) is 9.38 Å². The number of carboxylic acid groups (broad SMARTS) is 1. The minimum Gasteiger partial charge on any atom is -0.478 e. The second-order valence-corrected chi connectivity index (χ2v) is 4.84. The maximum absolute atomic E-state index is 10.7. The molecule has 3 aromatic rings. The summed E-state index contributed by atoms with van der Waals surface area (Å²) >= 11 is 6.23. The molecule has 0 saturated heterocycles. The van der Waals surface area contributed by atoms with E-state index in [1.165, 1.54) is 6.08 Å². The van der Waals surface area contributed by atoms with Gasteiger partial charge in [0.25, 0.3) is 0 Å². The van der Waals surface area contributed by atoms with Gasteiger partial charge in [-0.1, -0.05) is 29.8 Å². The Morgan fingerprint density at radius 2 is 1.95 bits per heavy atom. The Balaban J connectivity index is 2.25. The van der Waals surface area contributed by atoms with E-state index in [0.29, 0.717) is 16.5 Å². The van der Waals surface area contributed by atoms with Crippen molar-refractivity contribution in [2.45, 2.75) is 0 Å². The second-order valence-electron chi connectivity index (χ2n) is 4.43. The van der Waals surface area contributed by atoms with Crippen molar-refractivity contribution in [3.05, 3.63) is 65.5 Å². The average molecular weight is 299 g/mol. The molecule has 21 heavy (non-hydrogen) atoms. The van der Waals surface area contributed by atoms with E-state index in [2.05, 4.69) is 4.98 Å². The second kappa shape index (κ2) is 5.42. The molecule has 104 valence electrons. The summed E-state index contributed by atoms with van der Waals surface area (Å²) in [5, 5.41) is 9.37. The SMILES string of the molecule is O=C(O)C=Cc1nc(-c2ccccc2Cl)n2ccccc12. The van der Waals surface area contributed by atoms with Gasteiger partial charge in [0.15, 0.2) is 0 Å². The Labute approximate surface area is 125 Å². The molecule has 0 unspecified atom stereocenters. The predicted octanol–water partition coefficient (Wildman–Crippen LogP) is 3.75. The first kappa shape index (κ1) is 13.4. The molecule has 0 bridgehead atoms. The van der Waals surface area contributed by atoms with Gasteiger partial charge in [-0.15, -0.1) is 0 Å². The van der Waals surface area contributed by atoms with Gasteiger partial charge >= 0.3 is 5.97 Å². The summed E-state index contributed by atoms with van der Waals surface area (Å²) in [5.41, 5.74) is 2.22. The summed E-state index contributed by atoms with van der Waals surface area (Å²) in [5.74, 6) is -0.326. The minimum absolute atomic E-state index is 0.591. The molecule has 0 aliphatic heterocycles. The van der Waals surface area contributed by atoms with Crippen LogP contribution in [0.5, 0.6) is 0 Å². The molecule has 0 atom stereocenters. The number of halogens is 1. The maximum atomic E-state index is 10.7. The van der Waals surface area contributed by atoms with Gasteiger partial charge in [-0.25, -0.2) is 9.78 Å². The number of carboxylic acids is 1. The quantitative estimate of drug-likeness (QED) is 0.749. The van der Waals surface area contributed by atoms with Gasteiger partial charge in [0.05, 0.1) is 16.2 Å². The Kier molecular flexibility index (Phi) is 3.46. The fourth-order valence-electron chi connectivity index (χ4n) is 2.17. The number of benzene rings is 1. The monoisotopic (exact) mass is 298 g/mol. The van der Waals surface area contributed by atoms with Crippen molar-refractivity contribution < 1.29 is 9.90 Å². The molecule has 0 radical (unpaired) electrons. The number of imidazole rings is 1. The van der Waals surface area contributed by atoms with Crippen LogP contribution in [-0.2, 0) is 4.79 Å². The summed E-state index contributed by atoms with van der Waals surface area (Å²) in [7, 11) is 0. The highest BCUT2D eigenvalue weighted by molar-refractivity contribution is 6.33. The summed E-state index contributed by atoms with van der Waals surface area (Å²) in [4.78, 5) is 15.2. The molecule has 5 heteroatoms. The van der Waals surface area contributed by atoms with E-state index in [0.717, 1.165) is 17.2 Å². The summed E-state index contributed by atoms with van der Waals surface area (Å²) in [6, 6.07) is 13.1. The fraction of sp³-hybridized carbons (Fsp3) is 0. The van der Waals surface area contributed by atoms with E-state index >= 15 is 0 Å². The molecule has 3 rings (SSSR count). The van der Waals surface area contributed by atoms with Crippen LogP contribution in [0.4, 0.5) is 0 Å². The van der Waals surface area contributed by atoms with E-state index in [9.17, 15) is 4.79 Å². The Morgan fingerprint density at radius 3 is 2.71 bits per heavy atom. The molecule has 0 fully saturated rings. The first-order valence-electron chi connectivity index (χ1n) is 6.30. The Hall–Kier alpha value is -2.59. The van der Waals surface area contributed by atoms with Gasteiger partial charge in [0.2, 0.25) is 0 Å². The minimum atomic E-state index is -1.01. The number of aliphatic carboxylic acids is 1. The summed E-state index contributed by atoms with van der Waals surface area (Å²) in [6.45, 7) is 0. The van der Waals surface area contributed by atoms with Crippen LogP contribution in [0.1, 0.15) is 5.69 Å². The molecule has 0 aliphatic carbocycles. The number of hydrogen-bond donors (Lipinski definition) is 1. The number of fused-ring (bicyclic) bond motifs is 1. The molecular formula is C16H11ClN2O2. The normalized spacial score (nSPS) is 11.3. The van der Waals surface area contributed by atoms with Crippen LogP contribution in [0.25, 0.3) is 23.0 Å². The zero-order valence-electron chi connectivity index (χ0n) is 10.9. The third kappa shape index (κ3) is 2.53. The summed E-state index contributed by atoms with van der Waals surface area (Å²) in [6.07, 6.45) is 4.43. The Bertz CT molecular complexity index is 852. The molecule has 2 heterocycles. The van der Waals surface area contributed by atoms with Crippen LogP contribution < -0.4 is 0 Å². The fourth-order valence-corrected chi connectivity index (χ4v) is 2.39. The lowest BCUT2D eigenvalue weighted by Gasteiger charge is -2.02. The van der Waals surface area contributed by atoms with Crippen LogP contribution >= 0.6 is 11.6 Å². The van der Waals surface area contributed by atoms with Crippen molar-refractivity contribution in [2.24, 2.45) is 0 Å². The molecule has 0 saturated carbocycles. The average Bonchev–Trinajstić information content (AvgIpc) is 2.84. The van der Waals surface area contributed by atoms with Crippen LogP contribution in [-0.4, -0.2) is 20.5 Å². The molecule has 0 spiro atoms. The topological polar surface area (TPSA) is 54.6 Å². The van der Waals surface area contributed by atoms with Crippen LogP contribution in [0.2, 0.25) is 5.02 Å².